The molecule has 3 aromatic rings. The summed E-state index contributed by atoms with van der Waals surface area (Å²) < 4.78 is 0. The Bertz CT molecular complexity index is 941. The molecular formula is C20H18N4O2. The van der Waals surface area contributed by atoms with Crippen LogP contribution in [0, 0.1) is 0 Å². The quantitative estimate of drug-likeness (QED) is 0.713. The Morgan fingerprint density at radius 3 is 2.50 bits per heavy atom. The van der Waals surface area contributed by atoms with E-state index in [1.165, 1.54) is 6.92 Å². The van der Waals surface area contributed by atoms with Gasteiger partial charge in [-0.2, -0.15) is 0 Å². The van der Waals surface area contributed by atoms with Crippen LogP contribution in [0.3, 0.4) is 0 Å². The van der Waals surface area contributed by atoms with Crippen molar-refractivity contribution in [3.05, 3.63) is 78.1 Å². The van der Waals surface area contributed by atoms with E-state index in [1.807, 2.05) is 37.4 Å². The van der Waals surface area contributed by atoms with Gasteiger partial charge in [-0.05, 0) is 37.3 Å². The van der Waals surface area contributed by atoms with E-state index in [4.69, 9.17) is 0 Å². The van der Waals surface area contributed by atoms with Crippen LogP contribution in [0.2, 0.25) is 0 Å². The highest BCUT2D eigenvalue weighted by molar-refractivity contribution is 6.04. The first-order valence-electron chi connectivity index (χ1n) is 8.09. The van der Waals surface area contributed by atoms with Gasteiger partial charge in [-0.3, -0.25) is 9.59 Å². The summed E-state index contributed by atoms with van der Waals surface area (Å²) >= 11 is 0. The van der Waals surface area contributed by atoms with Crippen LogP contribution in [-0.2, 0) is 0 Å². The van der Waals surface area contributed by atoms with Crippen molar-refractivity contribution < 1.29 is 9.59 Å². The number of ketones is 1. The third-order valence-electron chi connectivity index (χ3n) is 3.85. The molecule has 6 heteroatoms. The number of hydrogen-bond acceptors (Lipinski definition) is 5. The first-order chi connectivity index (χ1) is 12.5. The van der Waals surface area contributed by atoms with Crippen LogP contribution in [0.5, 0.6) is 0 Å². The molecule has 0 aliphatic heterocycles. The van der Waals surface area contributed by atoms with Gasteiger partial charge in [0, 0.05) is 30.2 Å². The zero-order chi connectivity index (χ0) is 18.5. The predicted molar refractivity (Wildman–Crippen MR) is 101 cm³/mol. The van der Waals surface area contributed by atoms with E-state index in [0.29, 0.717) is 17.2 Å². The second kappa shape index (κ2) is 7.57. The van der Waals surface area contributed by atoms with Crippen LogP contribution in [0.15, 0.2) is 66.9 Å². The van der Waals surface area contributed by atoms with Crippen LogP contribution >= 0.6 is 0 Å². The SMILES string of the molecule is CC(=O)c1cccc(NC(=O)c2ccnc(N(C)c3ccccc3)n2)c1. The average molecular weight is 346 g/mol. The van der Waals surface area contributed by atoms with Gasteiger partial charge in [0.15, 0.2) is 5.78 Å². The smallest absolute Gasteiger partial charge is 0.274 e. The van der Waals surface area contributed by atoms with Gasteiger partial charge < -0.3 is 10.2 Å². The van der Waals surface area contributed by atoms with E-state index in [1.54, 1.807) is 41.4 Å². The Hall–Kier alpha value is -3.54. The van der Waals surface area contributed by atoms with Crippen molar-refractivity contribution >= 4 is 29.0 Å². The molecule has 0 spiro atoms. The topological polar surface area (TPSA) is 75.2 Å². The molecule has 0 saturated carbocycles. The van der Waals surface area contributed by atoms with Crippen LogP contribution in [-0.4, -0.2) is 28.7 Å². The molecular weight excluding hydrogens is 328 g/mol. The Labute approximate surface area is 151 Å². The summed E-state index contributed by atoms with van der Waals surface area (Å²) in [5, 5.41) is 2.76. The standard InChI is InChI=1S/C20H18N4O2/c1-14(25)15-7-6-8-16(13-15)22-19(26)18-11-12-21-20(23-18)24(2)17-9-4-3-5-10-17/h3-13H,1-2H3,(H,22,26). The number of anilines is 3. The summed E-state index contributed by atoms with van der Waals surface area (Å²) in [4.78, 5) is 34.3. The monoisotopic (exact) mass is 346 g/mol. The highest BCUT2D eigenvalue weighted by atomic mass is 16.2. The van der Waals surface area contributed by atoms with Gasteiger partial charge >= 0.3 is 0 Å². The summed E-state index contributed by atoms with van der Waals surface area (Å²) in [6, 6.07) is 18.0. The average Bonchev–Trinajstić information content (AvgIpc) is 2.68. The van der Waals surface area contributed by atoms with Crippen molar-refractivity contribution in [3.63, 3.8) is 0 Å². The van der Waals surface area contributed by atoms with E-state index in [9.17, 15) is 9.59 Å². The first kappa shape index (κ1) is 17.3. The lowest BCUT2D eigenvalue weighted by Crippen LogP contribution is -2.18. The first-order valence-corrected chi connectivity index (χ1v) is 8.09. The Morgan fingerprint density at radius 1 is 1.00 bits per heavy atom. The summed E-state index contributed by atoms with van der Waals surface area (Å²) in [6.07, 6.45) is 1.54. The molecule has 0 bridgehead atoms. The number of carbonyl (C=O) groups is 2. The fourth-order valence-electron chi connectivity index (χ4n) is 2.41. The molecule has 0 fully saturated rings. The Balaban J connectivity index is 1.80. The zero-order valence-electron chi connectivity index (χ0n) is 14.5. The van der Waals surface area contributed by atoms with E-state index in [-0.39, 0.29) is 17.4 Å². The molecule has 0 aliphatic carbocycles. The van der Waals surface area contributed by atoms with Crippen molar-refractivity contribution in [2.24, 2.45) is 0 Å². The molecule has 26 heavy (non-hydrogen) atoms. The summed E-state index contributed by atoms with van der Waals surface area (Å²) in [5.41, 5.74) is 2.24. The van der Waals surface area contributed by atoms with Gasteiger partial charge in [-0.15, -0.1) is 0 Å². The molecule has 1 amide bonds. The maximum Gasteiger partial charge on any atom is 0.274 e. The second-order valence-electron chi connectivity index (χ2n) is 5.73. The van der Waals surface area contributed by atoms with Crippen molar-refractivity contribution in [1.29, 1.82) is 0 Å². The lowest BCUT2D eigenvalue weighted by atomic mass is 10.1. The number of rotatable bonds is 5. The number of hydrogen-bond donors (Lipinski definition) is 1. The minimum atomic E-state index is -0.365. The van der Waals surface area contributed by atoms with Gasteiger partial charge in [-0.1, -0.05) is 30.3 Å². The van der Waals surface area contributed by atoms with E-state index >= 15 is 0 Å². The van der Waals surface area contributed by atoms with Crippen LogP contribution in [0.25, 0.3) is 0 Å². The third-order valence-corrected chi connectivity index (χ3v) is 3.85. The lowest BCUT2D eigenvalue weighted by molar-refractivity contribution is 0.100. The molecule has 6 nitrogen and oxygen atoms in total. The van der Waals surface area contributed by atoms with Gasteiger partial charge in [0.1, 0.15) is 5.69 Å². The summed E-state index contributed by atoms with van der Waals surface area (Å²) in [5.74, 6) is -0.00735. The Morgan fingerprint density at radius 2 is 1.77 bits per heavy atom. The number of nitrogens with zero attached hydrogens (tertiary/aromatic N) is 3. The van der Waals surface area contributed by atoms with Crippen molar-refractivity contribution in [3.8, 4) is 0 Å². The van der Waals surface area contributed by atoms with Crippen LogP contribution in [0.4, 0.5) is 17.3 Å². The molecule has 1 heterocycles. The largest absolute Gasteiger partial charge is 0.321 e. The van der Waals surface area contributed by atoms with Crippen molar-refractivity contribution in [2.45, 2.75) is 6.92 Å². The third kappa shape index (κ3) is 3.92. The van der Waals surface area contributed by atoms with Gasteiger partial charge in [0.25, 0.3) is 5.91 Å². The molecule has 0 radical (unpaired) electrons. The Kier molecular flexibility index (Phi) is 5.03. The maximum atomic E-state index is 12.5. The zero-order valence-corrected chi connectivity index (χ0v) is 14.5. The number of para-hydroxylation sites is 1. The molecule has 3 rings (SSSR count). The number of aromatic nitrogens is 2. The highest BCUT2D eigenvalue weighted by Gasteiger charge is 2.13. The minimum absolute atomic E-state index is 0.0603. The predicted octanol–water partition coefficient (Wildman–Crippen LogP) is 3.70. The number of carbonyl (C=O) groups excluding carboxylic acids is 2. The molecule has 0 aliphatic rings. The minimum Gasteiger partial charge on any atom is -0.321 e. The van der Waals surface area contributed by atoms with Crippen molar-refractivity contribution in [2.75, 3.05) is 17.3 Å². The van der Waals surface area contributed by atoms with Gasteiger partial charge in [-0.25, -0.2) is 9.97 Å². The molecule has 1 aromatic heterocycles. The normalized spacial score (nSPS) is 10.2. The van der Waals surface area contributed by atoms with Gasteiger partial charge in [0.05, 0.1) is 0 Å². The highest BCUT2D eigenvalue weighted by Crippen LogP contribution is 2.19. The number of Topliss-reactive ketones (excluding diaryl/α,β-unsaturated/α-hetero) is 1. The summed E-state index contributed by atoms with van der Waals surface area (Å²) in [7, 11) is 1.84. The van der Waals surface area contributed by atoms with Crippen LogP contribution in [0.1, 0.15) is 27.8 Å². The molecule has 1 N–H and O–H groups in total. The fraction of sp³-hybridized carbons (Fsp3) is 0.100. The molecule has 0 unspecified atom stereocenters. The molecule has 0 atom stereocenters. The van der Waals surface area contributed by atoms with E-state index < -0.39 is 0 Å². The number of amides is 1. The maximum absolute atomic E-state index is 12.5. The number of nitrogens with one attached hydrogen (secondary N) is 1. The fourth-order valence-corrected chi connectivity index (χ4v) is 2.41. The lowest BCUT2D eigenvalue weighted by Gasteiger charge is -2.17. The molecule has 130 valence electrons. The molecule has 2 aromatic carbocycles. The van der Waals surface area contributed by atoms with Crippen molar-refractivity contribution in [1.82, 2.24) is 9.97 Å². The second-order valence-corrected chi connectivity index (χ2v) is 5.73. The van der Waals surface area contributed by atoms with Gasteiger partial charge in [0.2, 0.25) is 5.95 Å². The van der Waals surface area contributed by atoms with E-state index in [2.05, 4.69) is 15.3 Å². The summed E-state index contributed by atoms with van der Waals surface area (Å²) in [6.45, 7) is 1.48. The molecule has 0 saturated heterocycles. The van der Waals surface area contributed by atoms with Crippen LogP contribution < -0.4 is 10.2 Å². The number of benzene rings is 2. The van der Waals surface area contributed by atoms with E-state index in [0.717, 1.165) is 5.69 Å².